The first kappa shape index (κ1) is 14.2. The van der Waals surface area contributed by atoms with Crippen LogP contribution in [0.1, 0.15) is 6.92 Å². The summed E-state index contributed by atoms with van der Waals surface area (Å²) in [6.07, 6.45) is 1.90. The Morgan fingerprint density at radius 2 is 1.95 bits per heavy atom. The van der Waals surface area contributed by atoms with E-state index >= 15 is 0 Å². The molecule has 106 valence electrons. The van der Waals surface area contributed by atoms with Gasteiger partial charge < -0.3 is 15.3 Å². The molecule has 20 heavy (non-hydrogen) atoms. The summed E-state index contributed by atoms with van der Waals surface area (Å²) >= 11 is 0. The maximum Gasteiger partial charge on any atom is 0.300 e. The van der Waals surface area contributed by atoms with Gasteiger partial charge in [-0.15, -0.1) is 0 Å². The first-order valence-electron chi connectivity index (χ1n) is 6.54. The number of nitrogens with zero attached hydrogens (tertiary/aromatic N) is 3. The van der Waals surface area contributed by atoms with Crippen molar-refractivity contribution in [1.82, 2.24) is 15.3 Å². The van der Waals surface area contributed by atoms with Crippen molar-refractivity contribution >= 4 is 22.8 Å². The van der Waals surface area contributed by atoms with Crippen molar-refractivity contribution in [3.8, 4) is 0 Å². The molecule has 0 saturated carbocycles. The van der Waals surface area contributed by atoms with Crippen molar-refractivity contribution in [3.05, 3.63) is 30.5 Å². The molecule has 1 aromatic carbocycles. The normalized spacial score (nSPS) is 14.6. The van der Waals surface area contributed by atoms with Crippen molar-refractivity contribution in [2.45, 2.75) is 6.92 Å². The molecule has 1 aliphatic rings. The summed E-state index contributed by atoms with van der Waals surface area (Å²) in [5, 5.41) is 11.8. The standard InChI is InChI=1S/C12H14N4.C2H4O2/c1-2-4-11-10(3-1)9-14-12(15-11)16-7-5-13-6-8-16;1-2(3)4/h1-4,9,13H,5-8H2;1H3,(H,3,4). The lowest BCUT2D eigenvalue weighted by Crippen LogP contribution is -2.44. The molecule has 6 heteroatoms. The van der Waals surface area contributed by atoms with Crippen LogP contribution in [0, 0.1) is 0 Å². The van der Waals surface area contributed by atoms with E-state index < -0.39 is 5.97 Å². The van der Waals surface area contributed by atoms with Gasteiger partial charge in [-0.2, -0.15) is 0 Å². The van der Waals surface area contributed by atoms with E-state index in [1.54, 1.807) is 0 Å². The third kappa shape index (κ3) is 3.89. The van der Waals surface area contributed by atoms with Gasteiger partial charge in [-0.3, -0.25) is 4.79 Å². The Labute approximate surface area is 117 Å². The van der Waals surface area contributed by atoms with E-state index in [4.69, 9.17) is 9.90 Å². The summed E-state index contributed by atoms with van der Waals surface area (Å²) in [5.41, 5.74) is 1.02. The van der Waals surface area contributed by atoms with Crippen molar-refractivity contribution < 1.29 is 9.90 Å². The average molecular weight is 274 g/mol. The third-order valence-corrected chi connectivity index (χ3v) is 2.88. The highest BCUT2D eigenvalue weighted by Crippen LogP contribution is 2.14. The fourth-order valence-electron chi connectivity index (χ4n) is 1.98. The van der Waals surface area contributed by atoms with Gasteiger partial charge in [0, 0.05) is 44.7 Å². The number of carbonyl (C=O) groups is 1. The number of hydrogen-bond acceptors (Lipinski definition) is 5. The predicted octanol–water partition coefficient (Wildman–Crippen LogP) is 1.13. The minimum Gasteiger partial charge on any atom is -0.481 e. The van der Waals surface area contributed by atoms with E-state index in [0.29, 0.717) is 0 Å². The first-order valence-corrected chi connectivity index (χ1v) is 6.54. The number of hydrogen-bond donors (Lipinski definition) is 2. The summed E-state index contributed by atoms with van der Waals surface area (Å²) in [6, 6.07) is 8.09. The maximum absolute atomic E-state index is 9.00. The van der Waals surface area contributed by atoms with Crippen molar-refractivity contribution in [3.63, 3.8) is 0 Å². The highest BCUT2D eigenvalue weighted by atomic mass is 16.4. The molecule has 0 amide bonds. The number of anilines is 1. The van der Waals surface area contributed by atoms with Gasteiger partial charge in [0.15, 0.2) is 0 Å². The van der Waals surface area contributed by atoms with E-state index in [9.17, 15) is 0 Å². The number of para-hydroxylation sites is 1. The second-order valence-electron chi connectivity index (χ2n) is 4.48. The molecule has 1 saturated heterocycles. The number of benzene rings is 1. The monoisotopic (exact) mass is 274 g/mol. The summed E-state index contributed by atoms with van der Waals surface area (Å²) in [4.78, 5) is 20.2. The molecule has 0 radical (unpaired) electrons. The molecule has 0 aliphatic carbocycles. The molecule has 1 aromatic heterocycles. The van der Waals surface area contributed by atoms with Gasteiger partial charge in [-0.1, -0.05) is 18.2 Å². The van der Waals surface area contributed by atoms with Gasteiger partial charge in [0.2, 0.25) is 5.95 Å². The van der Waals surface area contributed by atoms with Gasteiger partial charge in [-0.25, -0.2) is 9.97 Å². The molecule has 0 unspecified atom stereocenters. The fourth-order valence-corrected chi connectivity index (χ4v) is 1.98. The number of piperazine rings is 1. The Balaban J connectivity index is 0.000000328. The molecule has 0 spiro atoms. The van der Waals surface area contributed by atoms with E-state index in [-0.39, 0.29) is 0 Å². The molecular formula is C14H18N4O2. The summed E-state index contributed by atoms with van der Waals surface area (Å²) in [5.74, 6) is 0.0141. The Morgan fingerprint density at radius 3 is 2.65 bits per heavy atom. The Morgan fingerprint density at radius 1 is 1.30 bits per heavy atom. The summed E-state index contributed by atoms with van der Waals surface area (Å²) < 4.78 is 0. The van der Waals surface area contributed by atoms with Gasteiger partial charge in [0.05, 0.1) is 5.52 Å². The quantitative estimate of drug-likeness (QED) is 0.811. The van der Waals surface area contributed by atoms with Crippen molar-refractivity contribution in [2.24, 2.45) is 0 Å². The van der Waals surface area contributed by atoms with E-state index in [1.165, 1.54) is 0 Å². The molecule has 3 rings (SSSR count). The fraction of sp³-hybridized carbons (Fsp3) is 0.357. The number of aromatic nitrogens is 2. The number of rotatable bonds is 1. The van der Waals surface area contributed by atoms with Crippen LogP contribution in [0.25, 0.3) is 10.9 Å². The number of fused-ring (bicyclic) bond motifs is 1. The van der Waals surface area contributed by atoms with Crippen LogP contribution in [-0.2, 0) is 4.79 Å². The Bertz CT molecular complexity index is 578. The van der Waals surface area contributed by atoms with Gasteiger partial charge in [-0.05, 0) is 6.07 Å². The van der Waals surface area contributed by atoms with Crippen LogP contribution >= 0.6 is 0 Å². The topological polar surface area (TPSA) is 78.3 Å². The molecule has 2 aromatic rings. The molecule has 1 aliphatic heterocycles. The number of carboxylic acids is 1. The average Bonchev–Trinajstić information content (AvgIpc) is 2.47. The Hall–Kier alpha value is -2.21. The zero-order chi connectivity index (χ0) is 14.4. The molecule has 2 N–H and O–H groups in total. The number of nitrogens with one attached hydrogen (secondary N) is 1. The SMILES string of the molecule is CC(=O)O.c1ccc2nc(N3CCNCC3)ncc2c1. The largest absolute Gasteiger partial charge is 0.481 e. The maximum atomic E-state index is 9.00. The molecular weight excluding hydrogens is 256 g/mol. The lowest BCUT2D eigenvalue weighted by atomic mass is 10.2. The van der Waals surface area contributed by atoms with Crippen LogP contribution in [-0.4, -0.2) is 47.2 Å². The van der Waals surface area contributed by atoms with Gasteiger partial charge in [0.25, 0.3) is 5.97 Å². The molecule has 6 nitrogen and oxygen atoms in total. The highest BCUT2D eigenvalue weighted by Gasteiger charge is 2.12. The number of carboxylic acid groups (broad SMARTS) is 1. The second kappa shape index (κ2) is 6.81. The van der Waals surface area contributed by atoms with Crippen LogP contribution < -0.4 is 10.2 Å². The smallest absolute Gasteiger partial charge is 0.300 e. The first-order chi connectivity index (χ1) is 9.66. The van der Waals surface area contributed by atoms with Crippen molar-refractivity contribution in [1.29, 1.82) is 0 Å². The van der Waals surface area contributed by atoms with Gasteiger partial charge in [0.1, 0.15) is 0 Å². The van der Waals surface area contributed by atoms with E-state index in [0.717, 1.165) is 50.0 Å². The van der Waals surface area contributed by atoms with Crippen LogP contribution in [0.4, 0.5) is 5.95 Å². The lowest BCUT2D eigenvalue weighted by Gasteiger charge is -2.27. The van der Waals surface area contributed by atoms with E-state index in [1.807, 2.05) is 30.5 Å². The molecule has 2 heterocycles. The molecule has 0 bridgehead atoms. The van der Waals surface area contributed by atoms with Crippen molar-refractivity contribution in [2.75, 3.05) is 31.1 Å². The third-order valence-electron chi connectivity index (χ3n) is 2.88. The highest BCUT2D eigenvalue weighted by molar-refractivity contribution is 5.78. The summed E-state index contributed by atoms with van der Waals surface area (Å²) in [7, 11) is 0. The zero-order valence-corrected chi connectivity index (χ0v) is 11.4. The minimum atomic E-state index is -0.833. The number of aliphatic carboxylic acids is 1. The van der Waals surface area contributed by atoms with Crippen LogP contribution in [0.3, 0.4) is 0 Å². The minimum absolute atomic E-state index is 0.833. The molecule has 1 fully saturated rings. The second-order valence-corrected chi connectivity index (χ2v) is 4.48. The van der Waals surface area contributed by atoms with Crippen LogP contribution in [0.15, 0.2) is 30.5 Å². The van der Waals surface area contributed by atoms with E-state index in [2.05, 4.69) is 20.2 Å². The van der Waals surface area contributed by atoms with Crippen LogP contribution in [0.2, 0.25) is 0 Å². The predicted molar refractivity (Wildman–Crippen MR) is 77.9 cm³/mol. The van der Waals surface area contributed by atoms with Crippen LogP contribution in [0.5, 0.6) is 0 Å². The zero-order valence-electron chi connectivity index (χ0n) is 11.4. The summed E-state index contributed by atoms with van der Waals surface area (Å²) in [6.45, 7) is 5.07. The Kier molecular flexibility index (Phi) is 4.84. The van der Waals surface area contributed by atoms with Gasteiger partial charge >= 0.3 is 0 Å². The lowest BCUT2D eigenvalue weighted by molar-refractivity contribution is -0.134. The molecule has 0 atom stereocenters.